The lowest BCUT2D eigenvalue weighted by Crippen LogP contribution is -2.48. The molecule has 1 saturated carbocycles. The fourth-order valence-electron chi connectivity index (χ4n) is 2.63. The van der Waals surface area contributed by atoms with Gasteiger partial charge in [0.15, 0.2) is 0 Å². The Morgan fingerprint density at radius 3 is 2.36 bits per heavy atom. The number of hydrogen-bond acceptors (Lipinski definition) is 3. The van der Waals surface area contributed by atoms with E-state index in [1.54, 1.807) is 20.8 Å². The molecule has 2 N–H and O–H groups in total. The van der Waals surface area contributed by atoms with Gasteiger partial charge < -0.3 is 15.2 Å². The number of nitrogens with one attached hydrogen (secondary N) is 1. The molecule has 1 aliphatic carbocycles. The van der Waals surface area contributed by atoms with Crippen molar-refractivity contribution in [2.45, 2.75) is 58.2 Å². The highest BCUT2D eigenvalue weighted by Crippen LogP contribution is 2.46. The molecule has 8 heteroatoms. The van der Waals surface area contributed by atoms with Crippen LogP contribution in [0.5, 0.6) is 0 Å². The summed E-state index contributed by atoms with van der Waals surface area (Å²) in [5.74, 6) is -2.98. The minimum atomic E-state index is -4.42. The van der Waals surface area contributed by atoms with Crippen molar-refractivity contribution in [3.8, 4) is 0 Å². The average molecular weight is 325 g/mol. The Kier molecular flexibility index (Phi) is 5.35. The molecule has 1 fully saturated rings. The molecular weight excluding hydrogens is 303 g/mol. The SMILES string of the molecule is CC(C)(C)OC(=O)NCC1(C(=O)O)CCCC(C(F)(F)F)C1. The summed E-state index contributed by atoms with van der Waals surface area (Å²) >= 11 is 0. The second-order valence-electron chi connectivity index (χ2n) is 6.78. The zero-order valence-corrected chi connectivity index (χ0v) is 12.9. The van der Waals surface area contributed by atoms with E-state index < -0.39 is 41.6 Å². The maximum atomic E-state index is 12.9. The van der Waals surface area contributed by atoms with Crippen molar-refractivity contribution in [2.24, 2.45) is 11.3 Å². The Balaban J connectivity index is 2.76. The average Bonchev–Trinajstić information content (AvgIpc) is 2.33. The number of amides is 1. The van der Waals surface area contributed by atoms with Gasteiger partial charge in [-0.25, -0.2) is 4.79 Å². The molecule has 128 valence electrons. The summed E-state index contributed by atoms with van der Waals surface area (Å²) in [6.07, 6.45) is -5.60. The summed E-state index contributed by atoms with van der Waals surface area (Å²) in [4.78, 5) is 23.1. The third-order valence-electron chi connectivity index (χ3n) is 3.73. The largest absolute Gasteiger partial charge is 0.481 e. The van der Waals surface area contributed by atoms with Gasteiger partial charge in [0.25, 0.3) is 0 Å². The third kappa shape index (κ3) is 5.06. The highest BCUT2D eigenvalue weighted by atomic mass is 19.4. The lowest BCUT2D eigenvalue weighted by molar-refractivity contribution is -0.196. The van der Waals surface area contributed by atoms with Crippen LogP contribution in [-0.4, -0.2) is 35.5 Å². The number of alkyl carbamates (subject to hydrolysis) is 1. The van der Waals surface area contributed by atoms with Crippen molar-refractivity contribution in [3.63, 3.8) is 0 Å². The molecule has 0 aliphatic heterocycles. The van der Waals surface area contributed by atoms with Crippen molar-refractivity contribution in [1.82, 2.24) is 5.32 Å². The van der Waals surface area contributed by atoms with Crippen LogP contribution in [0.1, 0.15) is 46.5 Å². The van der Waals surface area contributed by atoms with E-state index in [0.29, 0.717) is 0 Å². The summed E-state index contributed by atoms with van der Waals surface area (Å²) in [6, 6.07) is 0. The summed E-state index contributed by atoms with van der Waals surface area (Å²) in [5, 5.41) is 11.7. The Morgan fingerprint density at radius 1 is 1.32 bits per heavy atom. The maximum Gasteiger partial charge on any atom is 0.407 e. The van der Waals surface area contributed by atoms with E-state index in [4.69, 9.17) is 4.74 Å². The molecule has 22 heavy (non-hydrogen) atoms. The minimum absolute atomic E-state index is 0.0784. The van der Waals surface area contributed by atoms with Crippen LogP contribution in [0.25, 0.3) is 0 Å². The monoisotopic (exact) mass is 325 g/mol. The summed E-state index contributed by atoms with van der Waals surface area (Å²) < 4.78 is 43.6. The molecule has 0 radical (unpaired) electrons. The van der Waals surface area contributed by atoms with Crippen LogP contribution in [0.3, 0.4) is 0 Å². The Labute approximate surface area is 127 Å². The fourth-order valence-corrected chi connectivity index (χ4v) is 2.63. The van der Waals surface area contributed by atoms with E-state index >= 15 is 0 Å². The zero-order valence-electron chi connectivity index (χ0n) is 12.9. The van der Waals surface area contributed by atoms with Crippen LogP contribution < -0.4 is 5.32 Å². The van der Waals surface area contributed by atoms with Gasteiger partial charge in [-0.2, -0.15) is 13.2 Å². The molecule has 5 nitrogen and oxygen atoms in total. The second kappa shape index (κ2) is 6.34. The van der Waals surface area contributed by atoms with Gasteiger partial charge in [-0.1, -0.05) is 6.42 Å². The smallest absolute Gasteiger partial charge is 0.407 e. The van der Waals surface area contributed by atoms with Crippen LogP contribution in [0.4, 0.5) is 18.0 Å². The van der Waals surface area contributed by atoms with Crippen molar-refractivity contribution in [1.29, 1.82) is 0 Å². The molecule has 0 heterocycles. The first-order chi connectivity index (χ1) is 9.86. The molecule has 0 bridgehead atoms. The van der Waals surface area contributed by atoms with Crippen LogP contribution in [-0.2, 0) is 9.53 Å². The molecule has 1 amide bonds. The van der Waals surface area contributed by atoms with Gasteiger partial charge in [-0.3, -0.25) is 4.79 Å². The molecule has 0 aromatic heterocycles. The van der Waals surface area contributed by atoms with Gasteiger partial charge in [0.1, 0.15) is 5.60 Å². The Bertz CT molecular complexity index is 431. The molecule has 0 saturated heterocycles. The van der Waals surface area contributed by atoms with Crippen molar-refractivity contribution in [3.05, 3.63) is 0 Å². The normalized spacial score (nSPS) is 26.4. The topological polar surface area (TPSA) is 75.6 Å². The van der Waals surface area contributed by atoms with Gasteiger partial charge in [0.05, 0.1) is 11.3 Å². The van der Waals surface area contributed by atoms with E-state index in [1.165, 1.54) is 0 Å². The maximum absolute atomic E-state index is 12.9. The highest BCUT2D eigenvalue weighted by molar-refractivity contribution is 5.76. The number of ether oxygens (including phenoxy) is 1. The minimum Gasteiger partial charge on any atom is -0.481 e. The van der Waals surface area contributed by atoms with E-state index in [9.17, 15) is 27.9 Å². The predicted octanol–water partition coefficient (Wildman–Crippen LogP) is 3.33. The lowest BCUT2D eigenvalue weighted by atomic mass is 9.69. The lowest BCUT2D eigenvalue weighted by Gasteiger charge is -2.38. The number of alkyl halides is 3. The zero-order chi connectivity index (χ0) is 17.2. The molecule has 0 aromatic carbocycles. The molecule has 1 rings (SSSR count). The van der Waals surface area contributed by atoms with E-state index in [-0.39, 0.29) is 25.8 Å². The van der Waals surface area contributed by atoms with Crippen molar-refractivity contribution < 1.29 is 32.6 Å². The van der Waals surface area contributed by atoms with E-state index in [2.05, 4.69) is 5.32 Å². The van der Waals surface area contributed by atoms with Gasteiger partial charge in [-0.05, 0) is 40.0 Å². The van der Waals surface area contributed by atoms with Crippen molar-refractivity contribution in [2.75, 3.05) is 6.54 Å². The van der Waals surface area contributed by atoms with Crippen LogP contribution in [0.2, 0.25) is 0 Å². The Morgan fingerprint density at radius 2 is 1.91 bits per heavy atom. The van der Waals surface area contributed by atoms with Crippen LogP contribution in [0.15, 0.2) is 0 Å². The number of carbonyl (C=O) groups excluding carboxylic acids is 1. The summed E-state index contributed by atoms with van der Waals surface area (Å²) in [7, 11) is 0. The van der Waals surface area contributed by atoms with Gasteiger partial charge in [0.2, 0.25) is 0 Å². The summed E-state index contributed by atoms with van der Waals surface area (Å²) in [5.41, 5.74) is -2.36. The first-order valence-electron chi connectivity index (χ1n) is 7.13. The Hall–Kier alpha value is -1.47. The number of carbonyl (C=O) groups is 2. The molecule has 2 unspecified atom stereocenters. The summed E-state index contributed by atoms with van der Waals surface area (Å²) in [6.45, 7) is 4.54. The number of rotatable bonds is 3. The first-order valence-corrected chi connectivity index (χ1v) is 7.13. The van der Waals surface area contributed by atoms with E-state index in [1.807, 2.05) is 0 Å². The highest BCUT2D eigenvalue weighted by Gasteiger charge is 2.51. The van der Waals surface area contributed by atoms with Crippen LogP contribution >= 0.6 is 0 Å². The fraction of sp³-hybridized carbons (Fsp3) is 0.857. The van der Waals surface area contributed by atoms with Gasteiger partial charge in [-0.15, -0.1) is 0 Å². The van der Waals surface area contributed by atoms with Crippen LogP contribution in [0, 0.1) is 11.3 Å². The number of carboxylic acid groups (broad SMARTS) is 1. The van der Waals surface area contributed by atoms with Gasteiger partial charge >= 0.3 is 18.2 Å². The third-order valence-corrected chi connectivity index (χ3v) is 3.73. The van der Waals surface area contributed by atoms with Crippen molar-refractivity contribution >= 4 is 12.1 Å². The molecule has 0 spiro atoms. The molecule has 1 aliphatic rings. The number of hydrogen-bond donors (Lipinski definition) is 2. The predicted molar refractivity (Wildman–Crippen MR) is 72.3 cm³/mol. The standard InChI is InChI=1S/C14H22F3NO4/c1-12(2,3)22-11(21)18-8-13(10(19)20)6-4-5-9(7-13)14(15,16)17/h9H,4-8H2,1-3H3,(H,18,21)(H,19,20). The van der Waals surface area contributed by atoms with E-state index in [0.717, 1.165) is 0 Å². The number of halogens is 3. The first kappa shape index (κ1) is 18.6. The second-order valence-corrected chi connectivity index (χ2v) is 6.78. The molecular formula is C14H22F3NO4. The number of aliphatic carboxylic acids is 1. The molecule has 0 aromatic rings. The van der Waals surface area contributed by atoms with Gasteiger partial charge in [0, 0.05) is 6.54 Å². The molecule has 2 atom stereocenters. The quantitative estimate of drug-likeness (QED) is 0.834. The number of carboxylic acids is 1.